The summed E-state index contributed by atoms with van der Waals surface area (Å²) in [5.41, 5.74) is 1.67. The quantitative estimate of drug-likeness (QED) is 0.754. The van der Waals surface area contributed by atoms with E-state index in [0.717, 1.165) is 18.4 Å². The molecule has 22 heavy (non-hydrogen) atoms. The number of hydrogen-bond donors (Lipinski definition) is 0. The number of benzene rings is 1. The lowest BCUT2D eigenvalue weighted by Crippen LogP contribution is -2.01. The van der Waals surface area contributed by atoms with E-state index in [4.69, 9.17) is 4.74 Å². The Balaban J connectivity index is 1.77. The van der Waals surface area contributed by atoms with Crippen LogP contribution in [-0.2, 0) is 5.41 Å². The van der Waals surface area contributed by atoms with Crippen LogP contribution in [0.15, 0.2) is 36.5 Å². The summed E-state index contributed by atoms with van der Waals surface area (Å²) in [4.78, 5) is 15.6. The molecule has 1 aromatic heterocycles. The lowest BCUT2D eigenvalue weighted by atomic mass is 9.98. The summed E-state index contributed by atoms with van der Waals surface area (Å²) in [6.07, 6.45) is 4.08. The van der Waals surface area contributed by atoms with E-state index < -0.39 is 0 Å². The van der Waals surface area contributed by atoms with Crippen LogP contribution in [0.3, 0.4) is 0 Å². The third-order valence-electron chi connectivity index (χ3n) is 4.22. The molecule has 0 amide bonds. The van der Waals surface area contributed by atoms with E-state index >= 15 is 0 Å². The van der Waals surface area contributed by atoms with Crippen LogP contribution in [0.5, 0.6) is 11.6 Å². The lowest BCUT2D eigenvalue weighted by Gasteiger charge is -2.11. The number of ether oxygens (including phenoxy) is 1. The number of hydrogen-bond acceptors (Lipinski definition) is 3. The zero-order chi connectivity index (χ0) is 15.7. The Morgan fingerprint density at radius 1 is 1.32 bits per heavy atom. The van der Waals surface area contributed by atoms with Gasteiger partial charge in [-0.2, -0.15) is 0 Å². The first-order chi connectivity index (χ1) is 10.5. The Morgan fingerprint density at radius 3 is 2.64 bits per heavy atom. The smallest absolute Gasteiger partial charge is 0.219 e. The van der Waals surface area contributed by atoms with Crippen molar-refractivity contribution in [3.63, 3.8) is 0 Å². The summed E-state index contributed by atoms with van der Waals surface area (Å²) in [6, 6.07) is 8.31. The lowest BCUT2D eigenvalue weighted by molar-refractivity contribution is 0.0988. The van der Waals surface area contributed by atoms with E-state index in [1.165, 1.54) is 12.3 Å². The molecule has 0 spiro atoms. The van der Waals surface area contributed by atoms with Crippen molar-refractivity contribution in [2.45, 2.75) is 38.5 Å². The van der Waals surface area contributed by atoms with Gasteiger partial charge in [0, 0.05) is 24.2 Å². The van der Waals surface area contributed by atoms with E-state index in [0.29, 0.717) is 12.0 Å². The molecule has 3 rings (SSSR count). The van der Waals surface area contributed by atoms with Gasteiger partial charge in [-0.1, -0.05) is 19.9 Å². The number of aromatic nitrogens is 1. The normalized spacial score (nSPS) is 15.4. The first-order valence-corrected chi connectivity index (χ1v) is 7.49. The Hall–Kier alpha value is -2.23. The summed E-state index contributed by atoms with van der Waals surface area (Å²) in [5.74, 6) is 0.0559. The van der Waals surface area contributed by atoms with E-state index in [1.807, 2.05) is 6.07 Å². The molecule has 1 aliphatic carbocycles. The number of carbonyl (C=O) groups excluding carboxylic acids is 1. The topological polar surface area (TPSA) is 39.2 Å². The maximum Gasteiger partial charge on any atom is 0.219 e. The van der Waals surface area contributed by atoms with Crippen LogP contribution >= 0.6 is 0 Å². The second-order valence-corrected chi connectivity index (χ2v) is 5.97. The second-order valence-electron chi connectivity index (χ2n) is 5.97. The maximum absolute atomic E-state index is 14.1. The minimum absolute atomic E-state index is 0.0206. The highest BCUT2D eigenvalue weighted by Gasteiger charge is 2.39. The highest BCUT2D eigenvalue weighted by atomic mass is 19.1. The number of carbonyl (C=O) groups is 1. The van der Waals surface area contributed by atoms with Gasteiger partial charge in [0.1, 0.15) is 0 Å². The minimum atomic E-state index is -0.388. The van der Waals surface area contributed by atoms with Gasteiger partial charge in [-0.05, 0) is 42.0 Å². The van der Waals surface area contributed by atoms with Crippen LogP contribution in [0.4, 0.5) is 4.39 Å². The summed E-state index contributed by atoms with van der Waals surface area (Å²) in [5, 5.41) is 0. The van der Waals surface area contributed by atoms with Crippen molar-refractivity contribution in [1.29, 1.82) is 0 Å². The monoisotopic (exact) mass is 299 g/mol. The molecular formula is C18H18FNO2. The summed E-state index contributed by atoms with van der Waals surface area (Å²) in [6.45, 7) is 3.93. The van der Waals surface area contributed by atoms with E-state index in [1.54, 1.807) is 25.1 Å². The summed E-state index contributed by atoms with van der Waals surface area (Å²) in [7, 11) is 0. The highest BCUT2D eigenvalue weighted by molar-refractivity contribution is 5.95. The van der Waals surface area contributed by atoms with Crippen LogP contribution in [0.1, 0.15) is 49.0 Å². The van der Waals surface area contributed by atoms with Crippen molar-refractivity contribution in [1.82, 2.24) is 4.98 Å². The van der Waals surface area contributed by atoms with Crippen LogP contribution in [0.25, 0.3) is 0 Å². The Morgan fingerprint density at radius 2 is 2.09 bits per heavy atom. The maximum atomic E-state index is 14.1. The van der Waals surface area contributed by atoms with Gasteiger partial charge in [0.15, 0.2) is 17.3 Å². The van der Waals surface area contributed by atoms with Gasteiger partial charge in [0.2, 0.25) is 5.88 Å². The van der Waals surface area contributed by atoms with E-state index in [9.17, 15) is 9.18 Å². The molecule has 1 aromatic carbocycles. The van der Waals surface area contributed by atoms with Crippen molar-refractivity contribution in [2.24, 2.45) is 0 Å². The fraction of sp³-hybridized carbons (Fsp3) is 0.333. The average Bonchev–Trinajstić information content (AvgIpc) is 3.28. The molecule has 3 nitrogen and oxygen atoms in total. The van der Waals surface area contributed by atoms with Crippen molar-refractivity contribution in [3.8, 4) is 11.6 Å². The molecule has 1 fully saturated rings. The van der Waals surface area contributed by atoms with Crippen molar-refractivity contribution in [3.05, 3.63) is 53.5 Å². The first kappa shape index (κ1) is 14.7. The molecule has 0 bridgehead atoms. The van der Waals surface area contributed by atoms with Crippen molar-refractivity contribution in [2.75, 3.05) is 0 Å². The summed E-state index contributed by atoms with van der Waals surface area (Å²) < 4.78 is 19.6. The SMILES string of the molecule is CCC(=O)c1ccc(Oc2ccc(C3(C)CC3)cc2F)nc1. The molecule has 1 heterocycles. The predicted octanol–water partition coefficient (Wildman–Crippen LogP) is 4.66. The molecule has 0 unspecified atom stereocenters. The van der Waals surface area contributed by atoms with Gasteiger partial charge in [-0.25, -0.2) is 9.37 Å². The number of Topliss-reactive ketones (excluding diaryl/α,β-unsaturated/α-hetero) is 1. The molecule has 0 atom stereocenters. The van der Waals surface area contributed by atoms with Gasteiger partial charge in [0.05, 0.1) is 0 Å². The largest absolute Gasteiger partial charge is 0.436 e. The number of pyridine rings is 1. The zero-order valence-corrected chi connectivity index (χ0v) is 12.7. The number of rotatable bonds is 5. The van der Waals surface area contributed by atoms with Crippen LogP contribution in [0, 0.1) is 5.82 Å². The molecule has 0 N–H and O–H groups in total. The average molecular weight is 299 g/mol. The van der Waals surface area contributed by atoms with Gasteiger partial charge < -0.3 is 4.74 Å². The van der Waals surface area contributed by atoms with Gasteiger partial charge >= 0.3 is 0 Å². The molecule has 0 saturated heterocycles. The van der Waals surface area contributed by atoms with Crippen LogP contribution in [0.2, 0.25) is 0 Å². The van der Waals surface area contributed by atoms with Crippen molar-refractivity contribution < 1.29 is 13.9 Å². The predicted molar refractivity (Wildman–Crippen MR) is 81.9 cm³/mol. The number of halogens is 1. The van der Waals surface area contributed by atoms with Crippen LogP contribution in [-0.4, -0.2) is 10.8 Å². The minimum Gasteiger partial charge on any atom is -0.436 e. The molecule has 114 valence electrons. The third kappa shape index (κ3) is 2.86. The standard InChI is InChI=1S/C18H18FNO2/c1-3-15(21)12-4-7-17(20-11-12)22-16-6-5-13(10-14(16)19)18(2)8-9-18/h4-7,10-11H,3,8-9H2,1-2H3. The Bertz CT molecular complexity index is 706. The van der Waals surface area contributed by atoms with Gasteiger partial charge in [-0.3, -0.25) is 4.79 Å². The molecule has 4 heteroatoms. The fourth-order valence-electron chi connectivity index (χ4n) is 2.36. The molecule has 1 aliphatic rings. The Kier molecular flexibility index (Phi) is 3.69. The number of ketones is 1. The molecule has 0 aliphatic heterocycles. The molecule has 2 aromatic rings. The van der Waals surface area contributed by atoms with E-state index in [-0.39, 0.29) is 28.6 Å². The van der Waals surface area contributed by atoms with Crippen molar-refractivity contribution >= 4 is 5.78 Å². The van der Waals surface area contributed by atoms with Crippen LogP contribution < -0.4 is 4.74 Å². The summed E-state index contributed by atoms with van der Waals surface area (Å²) >= 11 is 0. The van der Waals surface area contributed by atoms with Gasteiger partial charge in [-0.15, -0.1) is 0 Å². The van der Waals surface area contributed by atoms with E-state index in [2.05, 4.69) is 11.9 Å². The molecule has 0 radical (unpaired) electrons. The number of nitrogens with zero attached hydrogens (tertiary/aromatic N) is 1. The first-order valence-electron chi connectivity index (χ1n) is 7.49. The second kappa shape index (κ2) is 5.52. The third-order valence-corrected chi connectivity index (χ3v) is 4.22. The highest BCUT2D eigenvalue weighted by Crippen LogP contribution is 2.48. The van der Waals surface area contributed by atoms with Gasteiger partial charge in [0.25, 0.3) is 0 Å². The zero-order valence-electron chi connectivity index (χ0n) is 12.7. The molecule has 1 saturated carbocycles. The fourth-order valence-corrected chi connectivity index (χ4v) is 2.36. The molecular weight excluding hydrogens is 281 g/mol. The Labute approximate surface area is 129 Å².